The quantitative estimate of drug-likeness (QED) is 0.669. The molecule has 4 heteroatoms. The Bertz CT molecular complexity index is 448. The second-order valence-corrected chi connectivity index (χ2v) is 2.91. The van der Waals surface area contributed by atoms with E-state index in [9.17, 15) is 4.79 Å². The Morgan fingerprint density at radius 3 is 2.93 bits per heavy atom. The lowest BCUT2D eigenvalue weighted by atomic mass is 10.2. The van der Waals surface area contributed by atoms with Crippen LogP contribution in [0.5, 0.6) is 0 Å². The summed E-state index contributed by atoms with van der Waals surface area (Å²) in [7, 11) is 0. The van der Waals surface area contributed by atoms with E-state index in [-0.39, 0.29) is 5.78 Å². The highest BCUT2D eigenvalue weighted by atomic mass is 16.1. The normalized spacial score (nSPS) is 10.1. The van der Waals surface area contributed by atoms with Gasteiger partial charge in [0.1, 0.15) is 0 Å². The Balaban J connectivity index is 2.46. The molecule has 2 heterocycles. The number of nitrogens with zero attached hydrogens (tertiary/aromatic N) is 3. The molecule has 0 radical (unpaired) electrons. The van der Waals surface area contributed by atoms with Gasteiger partial charge in [-0.25, -0.2) is 9.67 Å². The molecular formula is C10H9N3O. The number of hydrogen-bond acceptors (Lipinski definition) is 3. The number of rotatable bonds is 2. The number of Topliss-reactive ketones (excluding diaryl/α,β-unsaturated/α-hetero) is 1. The molecule has 2 aromatic rings. The van der Waals surface area contributed by atoms with Gasteiger partial charge in [0, 0.05) is 24.2 Å². The molecular weight excluding hydrogens is 178 g/mol. The van der Waals surface area contributed by atoms with E-state index < -0.39 is 0 Å². The molecule has 0 aliphatic carbocycles. The van der Waals surface area contributed by atoms with Crippen LogP contribution < -0.4 is 0 Å². The summed E-state index contributed by atoms with van der Waals surface area (Å²) >= 11 is 0. The molecule has 0 bridgehead atoms. The summed E-state index contributed by atoms with van der Waals surface area (Å²) in [5.74, 6) is 0.684. The van der Waals surface area contributed by atoms with Crippen LogP contribution in [0.15, 0.2) is 36.8 Å². The van der Waals surface area contributed by atoms with Crippen LogP contribution in [0.3, 0.4) is 0 Å². The van der Waals surface area contributed by atoms with Gasteiger partial charge in [-0.2, -0.15) is 5.10 Å². The minimum Gasteiger partial charge on any atom is -0.295 e. The topological polar surface area (TPSA) is 47.8 Å². The first-order valence-corrected chi connectivity index (χ1v) is 4.24. The molecule has 0 saturated heterocycles. The van der Waals surface area contributed by atoms with Crippen molar-refractivity contribution in [3.8, 4) is 5.82 Å². The molecule has 0 saturated carbocycles. The third-order valence-corrected chi connectivity index (χ3v) is 1.89. The molecule has 0 unspecified atom stereocenters. The van der Waals surface area contributed by atoms with Gasteiger partial charge < -0.3 is 0 Å². The fourth-order valence-corrected chi connectivity index (χ4v) is 1.17. The SMILES string of the molecule is CC(=O)c1ccnc(-n2cccn2)c1. The van der Waals surface area contributed by atoms with E-state index in [2.05, 4.69) is 10.1 Å². The van der Waals surface area contributed by atoms with E-state index in [4.69, 9.17) is 0 Å². The van der Waals surface area contributed by atoms with Crippen molar-refractivity contribution in [1.29, 1.82) is 0 Å². The third-order valence-electron chi connectivity index (χ3n) is 1.89. The molecule has 0 atom stereocenters. The number of ketones is 1. The minimum atomic E-state index is 0.0285. The Kier molecular flexibility index (Phi) is 2.10. The molecule has 4 nitrogen and oxygen atoms in total. The van der Waals surface area contributed by atoms with Crippen molar-refractivity contribution in [2.75, 3.05) is 0 Å². The van der Waals surface area contributed by atoms with Gasteiger partial charge in [0.05, 0.1) is 0 Å². The molecule has 70 valence electrons. The van der Waals surface area contributed by atoms with Gasteiger partial charge >= 0.3 is 0 Å². The molecule has 2 rings (SSSR count). The van der Waals surface area contributed by atoms with Gasteiger partial charge in [-0.3, -0.25) is 4.79 Å². The second-order valence-electron chi connectivity index (χ2n) is 2.91. The highest BCUT2D eigenvalue weighted by Gasteiger charge is 2.02. The molecule has 0 aromatic carbocycles. The number of aromatic nitrogens is 3. The summed E-state index contributed by atoms with van der Waals surface area (Å²) in [6, 6.07) is 5.22. The number of pyridine rings is 1. The number of hydrogen-bond donors (Lipinski definition) is 0. The van der Waals surface area contributed by atoms with Crippen LogP contribution in [-0.2, 0) is 0 Å². The zero-order valence-corrected chi connectivity index (χ0v) is 7.71. The lowest BCUT2D eigenvalue weighted by Gasteiger charge is -2.01. The Morgan fingerprint density at radius 2 is 2.29 bits per heavy atom. The van der Waals surface area contributed by atoms with Crippen molar-refractivity contribution in [2.45, 2.75) is 6.92 Å². The van der Waals surface area contributed by atoms with E-state index in [0.29, 0.717) is 11.4 Å². The van der Waals surface area contributed by atoms with E-state index in [1.807, 2.05) is 6.07 Å². The first-order valence-electron chi connectivity index (χ1n) is 4.24. The van der Waals surface area contributed by atoms with Crippen LogP contribution >= 0.6 is 0 Å². The van der Waals surface area contributed by atoms with Crippen LogP contribution in [0.4, 0.5) is 0 Å². The molecule has 0 amide bonds. The third kappa shape index (κ3) is 1.54. The summed E-state index contributed by atoms with van der Waals surface area (Å²) < 4.78 is 1.62. The average Bonchev–Trinajstić information content (AvgIpc) is 2.71. The Labute approximate surface area is 81.2 Å². The Hall–Kier alpha value is -1.97. The van der Waals surface area contributed by atoms with Gasteiger partial charge in [-0.1, -0.05) is 0 Å². The number of carbonyl (C=O) groups is 1. The van der Waals surface area contributed by atoms with Crippen LogP contribution in [0.25, 0.3) is 5.82 Å². The van der Waals surface area contributed by atoms with Crippen molar-refractivity contribution >= 4 is 5.78 Å². The summed E-state index contributed by atoms with van der Waals surface area (Å²) in [4.78, 5) is 15.2. The standard InChI is InChI=1S/C10H9N3O/c1-8(14)9-3-5-11-10(7-9)13-6-2-4-12-13/h2-7H,1H3. The van der Waals surface area contributed by atoms with Crippen LogP contribution in [-0.4, -0.2) is 20.5 Å². The monoisotopic (exact) mass is 187 g/mol. The van der Waals surface area contributed by atoms with E-state index >= 15 is 0 Å². The fourth-order valence-electron chi connectivity index (χ4n) is 1.17. The summed E-state index contributed by atoms with van der Waals surface area (Å²) in [6.07, 6.45) is 5.06. The van der Waals surface area contributed by atoms with Gasteiger partial charge in [-0.15, -0.1) is 0 Å². The van der Waals surface area contributed by atoms with Crippen molar-refractivity contribution in [3.05, 3.63) is 42.4 Å². The molecule has 14 heavy (non-hydrogen) atoms. The van der Waals surface area contributed by atoms with E-state index in [1.54, 1.807) is 35.4 Å². The van der Waals surface area contributed by atoms with E-state index in [1.165, 1.54) is 6.92 Å². The Morgan fingerprint density at radius 1 is 1.43 bits per heavy atom. The lowest BCUT2D eigenvalue weighted by Crippen LogP contribution is -2.00. The first kappa shape index (κ1) is 8.62. The summed E-state index contributed by atoms with van der Waals surface area (Å²) in [6.45, 7) is 1.53. The van der Waals surface area contributed by atoms with Crippen molar-refractivity contribution in [2.24, 2.45) is 0 Å². The van der Waals surface area contributed by atoms with Crippen molar-refractivity contribution < 1.29 is 4.79 Å². The molecule has 0 N–H and O–H groups in total. The predicted molar refractivity (Wildman–Crippen MR) is 51.4 cm³/mol. The summed E-state index contributed by atoms with van der Waals surface area (Å²) in [5, 5.41) is 4.03. The average molecular weight is 187 g/mol. The smallest absolute Gasteiger partial charge is 0.159 e. The predicted octanol–water partition coefficient (Wildman–Crippen LogP) is 1.47. The first-order chi connectivity index (χ1) is 6.77. The molecule has 0 spiro atoms. The zero-order valence-electron chi connectivity index (χ0n) is 7.71. The van der Waals surface area contributed by atoms with Crippen LogP contribution in [0, 0.1) is 0 Å². The maximum Gasteiger partial charge on any atom is 0.159 e. The molecule has 0 fully saturated rings. The molecule has 0 aliphatic heterocycles. The number of carbonyl (C=O) groups excluding carboxylic acids is 1. The zero-order chi connectivity index (χ0) is 9.97. The van der Waals surface area contributed by atoms with Gasteiger partial charge in [0.2, 0.25) is 0 Å². The van der Waals surface area contributed by atoms with E-state index in [0.717, 1.165) is 0 Å². The van der Waals surface area contributed by atoms with Crippen molar-refractivity contribution in [1.82, 2.24) is 14.8 Å². The lowest BCUT2D eigenvalue weighted by molar-refractivity contribution is 0.101. The second kappa shape index (κ2) is 3.41. The highest BCUT2D eigenvalue weighted by molar-refractivity contribution is 5.94. The minimum absolute atomic E-state index is 0.0285. The molecule has 0 aliphatic rings. The van der Waals surface area contributed by atoms with Gasteiger partial charge in [-0.05, 0) is 25.1 Å². The van der Waals surface area contributed by atoms with Crippen molar-refractivity contribution in [3.63, 3.8) is 0 Å². The molecule has 2 aromatic heterocycles. The fraction of sp³-hybridized carbons (Fsp3) is 0.100. The maximum absolute atomic E-state index is 11.1. The summed E-state index contributed by atoms with van der Waals surface area (Å²) in [5.41, 5.74) is 0.644. The van der Waals surface area contributed by atoms with Gasteiger partial charge in [0.15, 0.2) is 11.6 Å². The maximum atomic E-state index is 11.1. The van der Waals surface area contributed by atoms with Gasteiger partial charge in [0.25, 0.3) is 0 Å². The highest BCUT2D eigenvalue weighted by Crippen LogP contribution is 2.06. The largest absolute Gasteiger partial charge is 0.295 e. The van der Waals surface area contributed by atoms with Crippen LogP contribution in [0.2, 0.25) is 0 Å². The van der Waals surface area contributed by atoms with Crippen LogP contribution in [0.1, 0.15) is 17.3 Å².